The van der Waals surface area contributed by atoms with E-state index in [2.05, 4.69) is 29.5 Å². The van der Waals surface area contributed by atoms with Gasteiger partial charge < -0.3 is 5.32 Å². The SMILES string of the molecule is CCCn1nncc1C1(C)CCCN1. The standard InChI is InChI=1S/C10H18N4/c1-3-7-14-9(8-12-13-14)10(2)5-4-6-11-10/h8,11H,3-7H2,1-2H3. The van der Waals surface area contributed by atoms with E-state index in [0.29, 0.717) is 0 Å². The van der Waals surface area contributed by atoms with E-state index in [1.165, 1.54) is 18.5 Å². The first-order chi connectivity index (χ1) is 6.76. The molecule has 1 aromatic heterocycles. The molecule has 0 amide bonds. The highest BCUT2D eigenvalue weighted by Crippen LogP contribution is 2.29. The van der Waals surface area contributed by atoms with Crippen molar-refractivity contribution in [3.8, 4) is 0 Å². The molecule has 2 heterocycles. The topological polar surface area (TPSA) is 42.7 Å². The minimum Gasteiger partial charge on any atom is -0.306 e. The Kier molecular flexibility index (Phi) is 2.54. The van der Waals surface area contributed by atoms with Gasteiger partial charge in [0, 0.05) is 6.54 Å². The molecule has 1 unspecified atom stereocenters. The average molecular weight is 194 g/mol. The van der Waals surface area contributed by atoms with Crippen molar-refractivity contribution in [3.05, 3.63) is 11.9 Å². The smallest absolute Gasteiger partial charge is 0.0785 e. The van der Waals surface area contributed by atoms with Crippen LogP contribution in [0.25, 0.3) is 0 Å². The number of rotatable bonds is 3. The Labute approximate surface area is 84.7 Å². The number of hydrogen-bond acceptors (Lipinski definition) is 3. The zero-order chi connectivity index (χ0) is 10.0. The maximum absolute atomic E-state index is 4.12. The highest BCUT2D eigenvalue weighted by molar-refractivity contribution is 5.12. The van der Waals surface area contributed by atoms with E-state index < -0.39 is 0 Å². The largest absolute Gasteiger partial charge is 0.306 e. The molecule has 1 aliphatic heterocycles. The van der Waals surface area contributed by atoms with Crippen LogP contribution in [0.15, 0.2) is 6.20 Å². The summed E-state index contributed by atoms with van der Waals surface area (Å²) in [6.07, 6.45) is 5.43. The van der Waals surface area contributed by atoms with Gasteiger partial charge in [-0.15, -0.1) is 5.10 Å². The second-order valence-electron chi connectivity index (χ2n) is 4.20. The Balaban J connectivity index is 2.25. The molecule has 0 saturated carbocycles. The molecule has 14 heavy (non-hydrogen) atoms. The molecular formula is C10H18N4. The fourth-order valence-corrected chi connectivity index (χ4v) is 2.18. The van der Waals surface area contributed by atoms with Crippen molar-refractivity contribution in [2.75, 3.05) is 6.54 Å². The van der Waals surface area contributed by atoms with Crippen LogP contribution in [0.1, 0.15) is 38.8 Å². The molecule has 1 N–H and O–H groups in total. The van der Waals surface area contributed by atoms with Crippen LogP contribution in [0.3, 0.4) is 0 Å². The van der Waals surface area contributed by atoms with Crippen molar-refractivity contribution in [2.24, 2.45) is 0 Å². The van der Waals surface area contributed by atoms with Gasteiger partial charge in [0.15, 0.2) is 0 Å². The van der Waals surface area contributed by atoms with Crippen LogP contribution in [-0.2, 0) is 12.1 Å². The first-order valence-corrected chi connectivity index (χ1v) is 5.40. The molecule has 0 radical (unpaired) electrons. The van der Waals surface area contributed by atoms with E-state index in [0.717, 1.165) is 19.5 Å². The van der Waals surface area contributed by atoms with Gasteiger partial charge in [-0.05, 0) is 32.7 Å². The van der Waals surface area contributed by atoms with Crippen LogP contribution in [0, 0.1) is 0 Å². The highest BCUT2D eigenvalue weighted by atomic mass is 15.4. The zero-order valence-corrected chi connectivity index (χ0v) is 8.95. The summed E-state index contributed by atoms with van der Waals surface area (Å²) in [6.45, 7) is 6.47. The Morgan fingerprint density at radius 3 is 3.14 bits per heavy atom. The van der Waals surface area contributed by atoms with Crippen molar-refractivity contribution in [2.45, 2.75) is 45.2 Å². The van der Waals surface area contributed by atoms with Crippen LogP contribution < -0.4 is 5.32 Å². The van der Waals surface area contributed by atoms with Crippen molar-refractivity contribution in [1.82, 2.24) is 20.3 Å². The second kappa shape index (κ2) is 3.69. The van der Waals surface area contributed by atoms with Crippen LogP contribution in [-0.4, -0.2) is 21.5 Å². The Morgan fingerprint density at radius 1 is 1.64 bits per heavy atom. The van der Waals surface area contributed by atoms with E-state index in [-0.39, 0.29) is 5.54 Å². The minimum absolute atomic E-state index is 0.0959. The fraction of sp³-hybridized carbons (Fsp3) is 0.800. The summed E-state index contributed by atoms with van der Waals surface area (Å²) < 4.78 is 2.03. The van der Waals surface area contributed by atoms with Gasteiger partial charge >= 0.3 is 0 Å². The van der Waals surface area contributed by atoms with E-state index in [9.17, 15) is 0 Å². The molecule has 4 nitrogen and oxygen atoms in total. The lowest BCUT2D eigenvalue weighted by Gasteiger charge is -2.24. The predicted molar refractivity (Wildman–Crippen MR) is 54.9 cm³/mol. The summed E-state index contributed by atoms with van der Waals surface area (Å²) in [5.41, 5.74) is 1.33. The average Bonchev–Trinajstić information content (AvgIpc) is 2.75. The van der Waals surface area contributed by atoms with Crippen molar-refractivity contribution < 1.29 is 0 Å². The van der Waals surface area contributed by atoms with Gasteiger partial charge in [-0.3, -0.25) is 0 Å². The lowest BCUT2D eigenvalue weighted by molar-refractivity contribution is 0.385. The number of aromatic nitrogens is 3. The van der Waals surface area contributed by atoms with Gasteiger partial charge in [-0.1, -0.05) is 12.1 Å². The third-order valence-electron chi connectivity index (χ3n) is 2.99. The monoisotopic (exact) mass is 194 g/mol. The summed E-state index contributed by atoms with van der Waals surface area (Å²) >= 11 is 0. The van der Waals surface area contributed by atoms with Crippen LogP contribution in [0.4, 0.5) is 0 Å². The van der Waals surface area contributed by atoms with Crippen LogP contribution in [0.5, 0.6) is 0 Å². The van der Waals surface area contributed by atoms with Gasteiger partial charge in [0.1, 0.15) is 0 Å². The van der Waals surface area contributed by atoms with E-state index in [4.69, 9.17) is 0 Å². The van der Waals surface area contributed by atoms with E-state index in [1.54, 1.807) is 0 Å². The summed E-state index contributed by atoms with van der Waals surface area (Å²) in [7, 11) is 0. The van der Waals surface area contributed by atoms with Gasteiger partial charge in [-0.2, -0.15) is 0 Å². The molecule has 1 aliphatic rings. The Hall–Kier alpha value is -0.900. The maximum atomic E-state index is 4.12. The lowest BCUT2D eigenvalue weighted by atomic mass is 9.96. The van der Waals surface area contributed by atoms with Gasteiger partial charge in [0.25, 0.3) is 0 Å². The second-order valence-corrected chi connectivity index (χ2v) is 4.20. The maximum Gasteiger partial charge on any atom is 0.0785 e. The fourth-order valence-electron chi connectivity index (χ4n) is 2.18. The quantitative estimate of drug-likeness (QED) is 0.788. The summed E-state index contributed by atoms with van der Waals surface area (Å²) in [6, 6.07) is 0. The van der Waals surface area contributed by atoms with E-state index in [1.807, 2.05) is 10.9 Å². The Morgan fingerprint density at radius 2 is 2.50 bits per heavy atom. The van der Waals surface area contributed by atoms with Gasteiger partial charge in [0.2, 0.25) is 0 Å². The number of nitrogens with one attached hydrogen (secondary N) is 1. The molecule has 2 rings (SSSR count). The number of nitrogens with zero attached hydrogens (tertiary/aromatic N) is 3. The zero-order valence-electron chi connectivity index (χ0n) is 8.95. The summed E-state index contributed by atoms with van der Waals surface area (Å²) in [5, 5.41) is 11.7. The molecule has 4 heteroatoms. The first kappa shape index (κ1) is 9.65. The highest BCUT2D eigenvalue weighted by Gasteiger charge is 2.33. The first-order valence-electron chi connectivity index (χ1n) is 5.40. The summed E-state index contributed by atoms with van der Waals surface area (Å²) in [4.78, 5) is 0. The molecule has 0 bridgehead atoms. The predicted octanol–water partition coefficient (Wildman–Crippen LogP) is 1.29. The molecule has 0 aromatic carbocycles. The third kappa shape index (κ3) is 1.54. The van der Waals surface area contributed by atoms with Crippen LogP contribution >= 0.6 is 0 Å². The minimum atomic E-state index is 0.0959. The van der Waals surface area contributed by atoms with Crippen LogP contribution in [0.2, 0.25) is 0 Å². The summed E-state index contributed by atoms with van der Waals surface area (Å²) in [5.74, 6) is 0. The molecule has 1 saturated heterocycles. The molecule has 0 aliphatic carbocycles. The third-order valence-corrected chi connectivity index (χ3v) is 2.99. The normalized spacial score (nSPS) is 27.0. The van der Waals surface area contributed by atoms with Gasteiger partial charge in [-0.25, -0.2) is 4.68 Å². The van der Waals surface area contributed by atoms with Crippen molar-refractivity contribution in [3.63, 3.8) is 0 Å². The molecule has 0 spiro atoms. The van der Waals surface area contributed by atoms with E-state index >= 15 is 0 Å². The van der Waals surface area contributed by atoms with Crippen molar-refractivity contribution in [1.29, 1.82) is 0 Å². The number of aryl methyl sites for hydroxylation is 1. The van der Waals surface area contributed by atoms with Crippen molar-refractivity contribution >= 4 is 0 Å². The Bertz CT molecular complexity index is 299. The lowest BCUT2D eigenvalue weighted by Crippen LogP contribution is -2.35. The van der Waals surface area contributed by atoms with Gasteiger partial charge in [0.05, 0.1) is 17.4 Å². The molecule has 78 valence electrons. The molecule has 1 fully saturated rings. The molecular weight excluding hydrogens is 176 g/mol. The molecule has 1 atom stereocenters. The molecule has 1 aromatic rings. The number of hydrogen-bond donors (Lipinski definition) is 1.